The van der Waals surface area contributed by atoms with E-state index in [4.69, 9.17) is 23.7 Å². The minimum Gasteiger partial charge on any atom is -0.497 e. The molecule has 0 spiro atoms. The van der Waals surface area contributed by atoms with Crippen molar-refractivity contribution in [1.29, 1.82) is 0 Å². The molecule has 0 aliphatic carbocycles. The van der Waals surface area contributed by atoms with E-state index in [9.17, 15) is 18.0 Å². The van der Waals surface area contributed by atoms with Crippen molar-refractivity contribution in [1.82, 2.24) is 10.2 Å². The Hall–Kier alpha value is -4.65. The van der Waals surface area contributed by atoms with Gasteiger partial charge < -0.3 is 33.9 Å². The average Bonchev–Trinajstić information content (AvgIpc) is 3.09. The Kier molecular flexibility index (Phi) is 13.6. The third-order valence-corrected chi connectivity index (χ3v) is 9.33. The highest BCUT2D eigenvalue weighted by Crippen LogP contribution is 2.38. The number of rotatable bonds is 18. The number of sulfonamides is 1. The molecule has 0 bridgehead atoms. The molecule has 2 amide bonds. The monoisotopic (exact) mass is 671 g/mol. The predicted octanol–water partition coefficient (Wildman–Crippen LogP) is 4.65. The maximum Gasteiger partial charge on any atom is 0.265 e. The van der Waals surface area contributed by atoms with Gasteiger partial charge in [-0.2, -0.15) is 0 Å². The van der Waals surface area contributed by atoms with Crippen LogP contribution in [0.15, 0.2) is 65.6 Å². The van der Waals surface area contributed by atoms with Gasteiger partial charge in [0, 0.05) is 25.2 Å². The molecule has 256 valence electrons. The van der Waals surface area contributed by atoms with Crippen LogP contribution >= 0.6 is 0 Å². The molecule has 3 aromatic carbocycles. The summed E-state index contributed by atoms with van der Waals surface area (Å²) in [4.78, 5) is 29.2. The van der Waals surface area contributed by atoms with Gasteiger partial charge in [-0.15, -0.1) is 0 Å². The fourth-order valence-electron chi connectivity index (χ4n) is 5.00. The summed E-state index contributed by atoms with van der Waals surface area (Å²) < 4.78 is 56.9. The van der Waals surface area contributed by atoms with Crippen LogP contribution in [0.5, 0.6) is 28.7 Å². The van der Waals surface area contributed by atoms with Crippen LogP contribution in [0.1, 0.15) is 38.7 Å². The van der Waals surface area contributed by atoms with Crippen LogP contribution in [-0.4, -0.2) is 79.8 Å². The van der Waals surface area contributed by atoms with Crippen LogP contribution in [0.2, 0.25) is 0 Å². The molecule has 0 aromatic heterocycles. The van der Waals surface area contributed by atoms with Gasteiger partial charge in [0.25, 0.3) is 10.0 Å². The first-order chi connectivity index (χ1) is 22.6. The minimum absolute atomic E-state index is 0.0230. The van der Waals surface area contributed by atoms with Gasteiger partial charge >= 0.3 is 0 Å². The summed E-state index contributed by atoms with van der Waals surface area (Å²) in [6.45, 7) is 3.63. The molecule has 3 aromatic rings. The fourth-order valence-corrected chi connectivity index (χ4v) is 6.43. The van der Waals surface area contributed by atoms with Crippen molar-refractivity contribution in [2.75, 3.05) is 52.9 Å². The lowest BCUT2D eigenvalue weighted by Gasteiger charge is -2.33. The molecular weight excluding hydrogens is 626 g/mol. The second kappa shape index (κ2) is 17.3. The summed E-state index contributed by atoms with van der Waals surface area (Å²) in [5.41, 5.74) is 0.766. The number of anilines is 1. The van der Waals surface area contributed by atoms with Gasteiger partial charge in [0.05, 0.1) is 46.1 Å². The smallest absolute Gasteiger partial charge is 0.265 e. The van der Waals surface area contributed by atoms with Gasteiger partial charge in [0.15, 0.2) is 11.5 Å². The second-order valence-electron chi connectivity index (χ2n) is 10.5. The van der Waals surface area contributed by atoms with E-state index in [-0.39, 0.29) is 34.5 Å². The van der Waals surface area contributed by atoms with E-state index in [1.165, 1.54) is 64.7 Å². The van der Waals surface area contributed by atoms with Crippen molar-refractivity contribution in [3.8, 4) is 28.7 Å². The largest absolute Gasteiger partial charge is 0.497 e. The maximum atomic E-state index is 14.5. The summed E-state index contributed by atoms with van der Waals surface area (Å²) >= 11 is 0. The number of benzene rings is 3. The molecule has 13 heteroatoms. The van der Waals surface area contributed by atoms with Gasteiger partial charge in [-0.3, -0.25) is 13.9 Å². The van der Waals surface area contributed by atoms with Crippen molar-refractivity contribution >= 4 is 27.5 Å². The third kappa shape index (κ3) is 9.00. The Morgan fingerprint density at radius 2 is 1.45 bits per heavy atom. The lowest BCUT2D eigenvalue weighted by Crippen LogP contribution is -2.52. The van der Waals surface area contributed by atoms with E-state index in [0.717, 1.165) is 17.1 Å². The molecule has 1 unspecified atom stereocenters. The molecule has 0 heterocycles. The molecule has 1 atom stereocenters. The minimum atomic E-state index is -4.46. The lowest BCUT2D eigenvalue weighted by molar-refractivity contribution is -0.140. The van der Waals surface area contributed by atoms with Crippen LogP contribution in [0, 0.1) is 0 Å². The maximum absolute atomic E-state index is 14.5. The van der Waals surface area contributed by atoms with Crippen molar-refractivity contribution in [3.05, 3.63) is 66.2 Å². The van der Waals surface area contributed by atoms with Crippen molar-refractivity contribution in [2.45, 2.75) is 50.6 Å². The van der Waals surface area contributed by atoms with Gasteiger partial charge in [0.2, 0.25) is 11.8 Å². The van der Waals surface area contributed by atoms with Gasteiger partial charge in [-0.05, 0) is 54.8 Å². The summed E-state index contributed by atoms with van der Waals surface area (Å²) in [5.74, 6) is 0.685. The molecule has 0 radical (unpaired) electrons. The molecule has 0 aliphatic heterocycles. The van der Waals surface area contributed by atoms with E-state index in [1.54, 1.807) is 37.3 Å². The molecule has 0 aliphatic rings. The SMILES string of the molecule is CCCCNC(=O)C(CC)N(Cc1cccc(OC)c1)C(=O)CN(c1cc(OC)ccc1OC)S(=O)(=O)c1ccc(OC)c(OC)c1. The average molecular weight is 672 g/mol. The molecule has 0 fully saturated rings. The zero-order chi connectivity index (χ0) is 34.6. The van der Waals surface area contributed by atoms with Crippen molar-refractivity contribution in [3.63, 3.8) is 0 Å². The number of ether oxygens (including phenoxy) is 5. The van der Waals surface area contributed by atoms with Crippen molar-refractivity contribution < 1.29 is 41.7 Å². The molecule has 0 saturated carbocycles. The first-order valence-corrected chi connectivity index (χ1v) is 16.7. The standard InChI is InChI=1S/C34H45N3O9S/c1-8-10-18-35-34(39)28(9-2)36(22-24-12-11-13-25(19-24)42-3)33(38)23-37(29-20-26(43-4)14-16-30(29)44-5)47(40,41)27-15-17-31(45-6)32(21-27)46-7/h11-17,19-21,28H,8-10,18,22-23H2,1-7H3,(H,35,39). The fraction of sp³-hybridized carbons (Fsp3) is 0.412. The summed E-state index contributed by atoms with van der Waals surface area (Å²) in [6, 6.07) is 15.1. The number of nitrogens with zero attached hydrogens (tertiary/aromatic N) is 2. The highest BCUT2D eigenvalue weighted by atomic mass is 32.2. The Bertz CT molecular complexity index is 1610. The second-order valence-corrected chi connectivity index (χ2v) is 12.4. The lowest BCUT2D eigenvalue weighted by atomic mass is 10.1. The number of carbonyl (C=O) groups is 2. The molecule has 47 heavy (non-hydrogen) atoms. The number of nitrogens with one attached hydrogen (secondary N) is 1. The number of methoxy groups -OCH3 is 5. The van der Waals surface area contributed by atoms with E-state index in [2.05, 4.69) is 5.32 Å². The van der Waals surface area contributed by atoms with Crippen LogP contribution in [0.25, 0.3) is 0 Å². The van der Waals surface area contributed by atoms with Gasteiger partial charge in [-0.1, -0.05) is 32.4 Å². The highest BCUT2D eigenvalue weighted by molar-refractivity contribution is 7.92. The Balaban J connectivity index is 2.18. The molecule has 0 saturated heterocycles. The first-order valence-electron chi connectivity index (χ1n) is 15.2. The Labute approximate surface area is 277 Å². The Morgan fingerprint density at radius 3 is 2.06 bits per heavy atom. The number of hydrogen-bond acceptors (Lipinski definition) is 9. The number of unbranched alkanes of at least 4 members (excludes halogenated alkanes) is 1. The topological polar surface area (TPSA) is 133 Å². The van der Waals surface area contributed by atoms with E-state index < -0.39 is 28.5 Å². The predicted molar refractivity (Wildman–Crippen MR) is 179 cm³/mol. The Morgan fingerprint density at radius 1 is 0.787 bits per heavy atom. The zero-order valence-corrected chi connectivity index (χ0v) is 28.9. The van der Waals surface area contributed by atoms with Crippen molar-refractivity contribution in [2.24, 2.45) is 0 Å². The van der Waals surface area contributed by atoms with E-state index in [0.29, 0.717) is 35.8 Å². The van der Waals surface area contributed by atoms with Gasteiger partial charge in [-0.25, -0.2) is 8.42 Å². The number of amides is 2. The normalized spacial score (nSPS) is 11.6. The third-order valence-electron chi connectivity index (χ3n) is 7.58. The zero-order valence-electron chi connectivity index (χ0n) is 28.1. The van der Waals surface area contributed by atoms with E-state index in [1.807, 2.05) is 13.0 Å². The van der Waals surface area contributed by atoms with E-state index >= 15 is 0 Å². The highest BCUT2D eigenvalue weighted by Gasteiger charge is 2.35. The molecule has 3 rings (SSSR count). The van der Waals surface area contributed by atoms with Gasteiger partial charge in [0.1, 0.15) is 29.8 Å². The van der Waals surface area contributed by atoms with Crippen LogP contribution < -0.4 is 33.3 Å². The van der Waals surface area contributed by atoms with Crippen LogP contribution in [-0.2, 0) is 26.2 Å². The summed E-state index contributed by atoms with van der Waals surface area (Å²) in [7, 11) is 2.77. The first kappa shape index (κ1) is 36.8. The number of hydrogen-bond donors (Lipinski definition) is 1. The molecular formula is C34H45N3O9S. The van der Waals surface area contributed by atoms with Crippen LogP contribution in [0.3, 0.4) is 0 Å². The number of carbonyl (C=O) groups excluding carboxylic acids is 2. The molecule has 12 nitrogen and oxygen atoms in total. The quantitative estimate of drug-likeness (QED) is 0.192. The van der Waals surface area contributed by atoms with Crippen LogP contribution in [0.4, 0.5) is 5.69 Å². The summed E-state index contributed by atoms with van der Waals surface area (Å²) in [5, 5.41) is 2.92. The summed E-state index contributed by atoms with van der Waals surface area (Å²) in [6.07, 6.45) is 1.95. The molecule has 1 N–H and O–H groups in total.